The number of aliphatic hydroxyl groups is 1. The molecule has 1 aromatic carbocycles. The summed E-state index contributed by atoms with van der Waals surface area (Å²) in [7, 11) is 1.53. The van der Waals surface area contributed by atoms with Crippen LogP contribution in [0.15, 0.2) is 12.1 Å². The van der Waals surface area contributed by atoms with Crippen molar-refractivity contribution in [2.75, 3.05) is 32.2 Å². The lowest BCUT2D eigenvalue weighted by molar-refractivity contribution is -0.0282. The van der Waals surface area contributed by atoms with Crippen LogP contribution in [0, 0.1) is 17.5 Å². The molecule has 0 spiro atoms. The minimum Gasteiger partial charge on any atom is -0.389 e. The molecule has 0 aliphatic rings. The monoisotopic (exact) mass is 293 g/mol. The van der Waals surface area contributed by atoms with Crippen molar-refractivity contribution in [3.05, 3.63) is 29.6 Å². The number of halogens is 3. The van der Waals surface area contributed by atoms with E-state index in [0.29, 0.717) is 12.7 Å². The van der Waals surface area contributed by atoms with Crippen molar-refractivity contribution in [2.45, 2.75) is 19.1 Å². The van der Waals surface area contributed by atoms with Crippen LogP contribution in [-0.4, -0.2) is 44.2 Å². The highest BCUT2D eigenvalue weighted by Crippen LogP contribution is 2.18. The zero-order valence-corrected chi connectivity index (χ0v) is 11.3. The summed E-state index contributed by atoms with van der Waals surface area (Å²) in [6.07, 6.45) is -1.14. The predicted octanol–water partition coefficient (Wildman–Crippen LogP) is 1.93. The zero-order chi connectivity index (χ0) is 15.1. The number of anilines is 1. The first kappa shape index (κ1) is 16.7. The van der Waals surface area contributed by atoms with Crippen LogP contribution in [0.2, 0.25) is 0 Å². The maximum atomic E-state index is 13.3. The molecule has 4 nitrogen and oxygen atoms in total. The summed E-state index contributed by atoms with van der Waals surface area (Å²) in [6, 6.07) is 1.27. The molecule has 0 bridgehead atoms. The summed E-state index contributed by atoms with van der Waals surface area (Å²) < 4.78 is 49.3. The molecule has 0 fully saturated rings. The molecule has 2 atom stereocenters. The Morgan fingerprint density at radius 1 is 1.25 bits per heavy atom. The fourth-order valence-electron chi connectivity index (χ4n) is 1.53. The van der Waals surface area contributed by atoms with Crippen molar-refractivity contribution in [1.82, 2.24) is 0 Å². The minimum atomic E-state index is -1.29. The molecular weight excluding hydrogens is 275 g/mol. The number of hydrogen-bond donors (Lipinski definition) is 2. The van der Waals surface area contributed by atoms with Gasteiger partial charge in [0.05, 0.1) is 31.1 Å². The summed E-state index contributed by atoms with van der Waals surface area (Å²) >= 11 is 0. The van der Waals surface area contributed by atoms with Crippen LogP contribution in [0.25, 0.3) is 0 Å². The normalized spacial score (nSPS) is 14.1. The molecule has 0 heterocycles. The minimum absolute atomic E-state index is 0.00303. The van der Waals surface area contributed by atoms with E-state index in [0.717, 1.165) is 6.07 Å². The standard InChI is InChI=1S/C13H18F3NO3/c1-8(6-19-2)20-7-10(18)5-17-12-4-9(14)3-11(15)13(12)16/h3-4,8,10,17-18H,5-7H2,1-2H3. The van der Waals surface area contributed by atoms with Crippen LogP contribution in [0.4, 0.5) is 18.9 Å². The third-order valence-corrected chi connectivity index (χ3v) is 2.50. The summed E-state index contributed by atoms with van der Waals surface area (Å²) in [5, 5.41) is 12.1. The van der Waals surface area contributed by atoms with Gasteiger partial charge in [-0.2, -0.15) is 0 Å². The number of hydrogen-bond acceptors (Lipinski definition) is 4. The maximum Gasteiger partial charge on any atom is 0.182 e. The van der Waals surface area contributed by atoms with Gasteiger partial charge in [0.15, 0.2) is 11.6 Å². The topological polar surface area (TPSA) is 50.7 Å². The number of rotatable bonds is 8. The molecule has 1 aromatic rings. The first-order chi connectivity index (χ1) is 9.43. The number of aliphatic hydroxyl groups excluding tert-OH is 1. The lowest BCUT2D eigenvalue weighted by Crippen LogP contribution is -2.28. The summed E-state index contributed by atoms with van der Waals surface area (Å²) in [4.78, 5) is 0. The first-order valence-corrected chi connectivity index (χ1v) is 6.11. The van der Waals surface area contributed by atoms with Gasteiger partial charge >= 0.3 is 0 Å². The van der Waals surface area contributed by atoms with E-state index in [2.05, 4.69) is 5.32 Å². The average molecular weight is 293 g/mol. The second-order valence-corrected chi connectivity index (χ2v) is 4.38. The summed E-state index contributed by atoms with van der Waals surface area (Å²) in [5.74, 6) is -3.37. The predicted molar refractivity (Wildman–Crippen MR) is 68.1 cm³/mol. The van der Waals surface area contributed by atoms with Gasteiger partial charge in [-0.25, -0.2) is 13.2 Å². The highest BCUT2D eigenvalue weighted by molar-refractivity contribution is 5.45. The Morgan fingerprint density at radius 2 is 1.95 bits per heavy atom. The van der Waals surface area contributed by atoms with E-state index in [-0.39, 0.29) is 24.9 Å². The second kappa shape index (κ2) is 8.08. The average Bonchev–Trinajstić information content (AvgIpc) is 2.39. The van der Waals surface area contributed by atoms with Gasteiger partial charge < -0.3 is 19.9 Å². The Labute approximate surface area is 115 Å². The largest absolute Gasteiger partial charge is 0.389 e. The number of ether oxygens (including phenoxy) is 2. The highest BCUT2D eigenvalue weighted by Gasteiger charge is 2.13. The van der Waals surface area contributed by atoms with Crippen LogP contribution in [-0.2, 0) is 9.47 Å². The smallest absolute Gasteiger partial charge is 0.182 e. The zero-order valence-electron chi connectivity index (χ0n) is 11.3. The lowest BCUT2D eigenvalue weighted by atomic mass is 10.2. The molecule has 0 aromatic heterocycles. The molecule has 0 radical (unpaired) electrons. The van der Waals surface area contributed by atoms with Gasteiger partial charge in [0.2, 0.25) is 0 Å². The summed E-state index contributed by atoms with van der Waals surface area (Å²) in [5.41, 5.74) is -0.341. The molecular formula is C13H18F3NO3. The van der Waals surface area contributed by atoms with Crippen molar-refractivity contribution in [3.63, 3.8) is 0 Å². The molecule has 20 heavy (non-hydrogen) atoms. The van der Waals surface area contributed by atoms with Gasteiger partial charge in [0.1, 0.15) is 5.82 Å². The Bertz CT molecular complexity index is 432. The van der Waals surface area contributed by atoms with E-state index < -0.39 is 23.6 Å². The van der Waals surface area contributed by atoms with Crippen molar-refractivity contribution >= 4 is 5.69 Å². The van der Waals surface area contributed by atoms with Gasteiger partial charge in [-0.3, -0.25) is 0 Å². The van der Waals surface area contributed by atoms with E-state index in [9.17, 15) is 18.3 Å². The highest BCUT2D eigenvalue weighted by atomic mass is 19.2. The molecule has 2 unspecified atom stereocenters. The van der Waals surface area contributed by atoms with Gasteiger partial charge in [-0.15, -0.1) is 0 Å². The van der Waals surface area contributed by atoms with E-state index in [1.807, 2.05) is 0 Å². The SMILES string of the molecule is COCC(C)OCC(O)CNc1cc(F)cc(F)c1F. The van der Waals surface area contributed by atoms with Crippen molar-refractivity contribution in [3.8, 4) is 0 Å². The number of methoxy groups -OCH3 is 1. The molecule has 0 aliphatic carbocycles. The maximum absolute atomic E-state index is 13.3. The van der Waals surface area contributed by atoms with Crippen molar-refractivity contribution in [2.24, 2.45) is 0 Å². The van der Waals surface area contributed by atoms with E-state index in [1.54, 1.807) is 6.92 Å². The Balaban J connectivity index is 2.43. The van der Waals surface area contributed by atoms with Crippen LogP contribution >= 0.6 is 0 Å². The van der Waals surface area contributed by atoms with Crippen LogP contribution in [0.5, 0.6) is 0 Å². The van der Waals surface area contributed by atoms with Crippen molar-refractivity contribution in [1.29, 1.82) is 0 Å². The third kappa shape index (κ3) is 5.36. The summed E-state index contributed by atoms with van der Waals surface area (Å²) in [6.45, 7) is 2.05. The first-order valence-electron chi connectivity index (χ1n) is 6.11. The second-order valence-electron chi connectivity index (χ2n) is 4.38. The van der Waals surface area contributed by atoms with Gasteiger partial charge in [-0.1, -0.05) is 0 Å². The Hall–Kier alpha value is -1.31. The molecule has 2 N–H and O–H groups in total. The van der Waals surface area contributed by atoms with Gasteiger partial charge in [-0.05, 0) is 6.92 Å². The molecule has 7 heteroatoms. The molecule has 0 amide bonds. The lowest BCUT2D eigenvalue weighted by Gasteiger charge is -2.17. The van der Waals surface area contributed by atoms with Crippen LogP contribution in [0.3, 0.4) is 0 Å². The molecule has 1 rings (SSSR count). The molecule has 114 valence electrons. The van der Waals surface area contributed by atoms with Gasteiger partial charge in [0, 0.05) is 25.8 Å². The van der Waals surface area contributed by atoms with E-state index >= 15 is 0 Å². The van der Waals surface area contributed by atoms with E-state index in [1.165, 1.54) is 7.11 Å². The third-order valence-electron chi connectivity index (χ3n) is 2.50. The number of benzene rings is 1. The fraction of sp³-hybridized carbons (Fsp3) is 0.538. The molecule has 0 saturated heterocycles. The van der Waals surface area contributed by atoms with Crippen LogP contribution in [0.1, 0.15) is 6.92 Å². The molecule has 0 saturated carbocycles. The quantitative estimate of drug-likeness (QED) is 0.719. The molecule has 0 aliphatic heterocycles. The van der Waals surface area contributed by atoms with Crippen molar-refractivity contribution < 1.29 is 27.8 Å². The van der Waals surface area contributed by atoms with E-state index in [4.69, 9.17) is 9.47 Å². The van der Waals surface area contributed by atoms with Crippen LogP contribution < -0.4 is 5.32 Å². The number of nitrogens with one attached hydrogen (secondary N) is 1. The Kier molecular flexibility index (Phi) is 6.77. The Morgan fingerprint density at radius 3 is 2.60 bits per heavy atom. The van der Waals surface area contributed by atoms with Gasteiger partial charge in [0.25, 0.3) is 0 Å². The fourth-order valence-corrected chi connectivity index (χ4v) is 1.53.